The Kier molecular flexibility index (Phi) is 9.30. The van der Waals surface area contributed by atoms with E-state index in [2.05, 4.69) is 80.3 Å². The van der Waals surface area contributed by atoms with Gasteiger partial charge in [0.15, 0.2) is 0 Å². The first-order chi connectivity index (χ1) is 14.8. The lowest BCUT2D eigenvalue weighted by molar-refractivity contribution is 0.425. The van der Waals surface area contributed by atoms with Crippen molar-refractivity contribution in [3.8, 4) is 11.8 Å². The molecule has 1 atom stereocenters. The molecular formula is C30H38. The van der Waals surface area contributed by atoms with Crippen LogP contribution in [0.3, 0.4) is 0 Å². The molecule has 0 nitrogen and oxygen atoms in total. The van der Waals surface area contributed by atoms with Crippen LogP contribution in [0.15, 0.2) is 54.6 Å². The summed E-state index contributed by atoms with van der Waals surface area (Å²) in [7, 11) is 0. The van der Waals surface area contributed by atoms with Gasteiger partial charge in [0.25, 0.3) is 0 Å². The van der Waals surface area contributed by atoms with Gasteiger partial charge in [0.1, 0.15) is 0 Å². The van der Waals surface area contributed by atoms with Gasteiger partial charge in [0.2, 0.25) is 0 Å². The molecule has 0 aromatic heterocycles. The maximum atomic E-state index is 3.32. The van der Waals surface area contributed by atoms with E-state index < -0.39 is 0 Å². The molecular weight excluding hydrogens is 360 g/mol. The van der Waals surface area contributed by atoms with Crippen molar-refractivity contribution in [2.24, 2.45) is 5.92 Å². The first-order valence-corrected chi connectivity index (χ1v) is 12.2. The molecule has 0 heterocycles. The lowest BCUT2D eigenvalue weighted by atomic mass is 9.84. The lowest BCUT2D eigenvalue weighted by Crippen LogP contribution is -2.05. The van der Waals surface area contributed by atoms with Gasteiger partial charge in [0.05, 0.1) is 0 Å². The maximum absolute atomic E-state index is 3.32. The van der Waals surface area contributed by atoms with Crippen molar-refractivity contribution in [2.45, 2.75) is 84.5 Å². The molecule has 0 saturated heterocycles. The van der Waals surface area contributed by atoms with Gasteiger partial charge in [0, 0.05) is 11.1 Å². The SMILES string of the molecule is CCCCCCC1CC=C(c2ccc(C#Cc3ccc(CCCC)cc3)cc2)CC1. The van der Waals surface area contributed by atoms with Gasteiger partial charge in [-0.05, 0) is 79.0 Å². The average Bonchev–Trinajstić information content (AvgIpc) is 2.81. The highest BCUT2D eigenvalue weighted by Crippen LogP contribution is 2.32. The highest BCUT2D eigenvalue weighted by molar-refractivity contribution is 5.67. The fourth-order valence-corrected chi connectivity index (χ4v) is 4.32. The van der Waals surface area contributed by atoms with Crippen molar-refractivity contribution in [2.75, 3.05) is 0 Å². The highest BCUT2D eigenvalue weighted by Gasteiger charge is 2.15. The van der Waals surface area contributed by atoms with Gasteiger partial charge in [-0.15, -0.1) is 0 Å². The van der Waals surface area contributed by atoms with Gasteiger partial charge in [-0.25, -0.2) is 0 Å². The molecule has 0 amide bonds. The Hall–Kier alpha value is -2.26. The Morgan fingerprint density at radius 1 is 0.767 bits per heavy atom. The number of allylic oxidation sites excluding steroid dienone is 2. The summed E-state index contributed by atoms with van der Waals surface area (Å²) >= 11 is 0. The first-order valence-electron chi connectivity index (χ1n) is 12.2. The minimum atomic E-state index is 0.907. The Morgan fingerprint density at radius 3 is 2.03 bits per heavy atom. The lowest BCUT2D eigenvalue weighted by Gasteiger charge is -2.22. The van der Waals surface area contributed by atoms with Crippen LogP contribution in [0.4, 0.5) is 0 Å². The van der Waals surface area contributed by atoms with Crippen LogP contribution in [0, 0.1) is 17.8 Å². The number of aryl methyl sites for hydroxylation is 1. The molecule has 3 rings (SSSR count). The van der Waals surface area contributed by atoms with E-state index in [4.69, 9.17) is 0 Å². The molecule has 0 spiro atoms. The summed E-state index contributed by atoms with van der Waals surface area (Å²) in [6.07, 6.45) is 17.0. The van der Waals surface area contributed by atoms with E-state index in [1.54, 1.807) is 0 Å². The van der Waals surface area contributed by atoms with E-state index in [0.29, 0.717) is 0 Å². The second-order valence-electron chi connectivity index (χ2n) is 8.85. The molecule has 1 unspecified atom stereocenters. The minimum absolute atomic E-state index is 0.907. The van der Waals surface area contributed by atoms with Gasteiger partial charge < -0.3 is 0 Å². The molecule has 0 heteroatoms. The highest BCUT2D eigenvalue weighted by atomic mass is 14.2. The van der Waals surface area contributed by atoms with E-state index in [1.165, 1.54) is 87.3 Å². The molecule has 30 heavy (non-hydrogen) atoms. The van der Waals surface area contributed by atoms with Crippen molar-refractivity contribution in [3.63, 3.8) is 0 Å². The third kappa shape index (κ3) is 7.21. The Morgan fingerprint density at radius 2 is 1.43 bits per heavy atom. The van der Waals surface area contributed by atoms with Crippen molar-refractivity contribution >= 4 is 5.57 Å². The fraction of sp³-hybridized carbons (Fsp3) is 0.467. The molecule has 158 valence electrons. The predicted octanol–water partition coefficient (Wildman–Crippen LogP) is 8.58. The molecule has 1 aliphatic carbocycles. The number of benzene rings is 2. The average molecular weight is 399 g/mol. The molecule has 2 aromatic rings. The van der Waals surface area contributed by atoms with Crippen LogP contribution in [0.1, 0.15) is 100 Å². The molecule has 2 aromatic carbocycles. The smallest absolute Gasteiger partial charge is 0.0249 e. The van der Waals surface area contributed by atoms with Crippen molar-refractivity contribution < 1.29 is 0 Å². The van der Waals surface area contributed by atoms with E-state index >= 15 is 0 Å². The van der Waals surface area contributed by atoms with Crippen LogP contribution in [-0.4, -0.2) is 0 Å². The minimum Gasteiger partial charge on any atom is -0.0804 e. The monoisotopic (exact) mass is 398 g/mol. The summed E-state index contributed by atoms with van der Waals surface area (Å²) in [5, 5.41) is 0. The normalized spacial score (nSPS) is 15.9. The van der Waals surface area contributed by atoms with Crippen LogP contribution in [-0.2, 0) is 6.42 Å². The zero-order valence-corrected chi connectivity index (χ0v) is 19.1. The fourth-order valence-electron chi connectivity index (χ4n) is 4.32. The number of unbranched alkanes of at least 4 members (excludes halogenated alkanes) is 4. The largest absolute Gasteiger partial charge is 0.0804 e. The van der Waals surface area contributed by atoms with Crippen LogP contribution < -0.4 is 0 Å². The van der Waals surface area contributed by atoms with Crippen LogP contribution in [0.5, 0.6) is 0 Å². The number of hydrogen-bond acceptors (Lipinski definition) is 0. The van der Waals surface area contributed by atoms with Crippen LogP contribution in [0.2, 0.25) is 0 Å². The van der Waals surface area contributed by atoms with Gasteiger partial charge in [-0.2, -0.15) is 0 Å². The third-order valence-corrected chi connectivity index (χ3v) is 6.37. The molecule has 0 radical (unpaired) electrons. The van der Waals surface area contributed by atoms with E-state index in [9.17, 15) is 0 Å². The van der Waals surface area contributed by atoms with Gasteiger partial charge in [-0.1, -0.05) is 94.6 Å². The summed E-state index contributed by atoms with van der Waals surface area (Å²) < 4.78 is 0. The Labute approximate surface area is 184 Å². The summed E-state index contributed by atoms with van der Waals surface area (Å²) in [5.74, 6) is 7.54. The quantitative estimate of drug-likeness (QED) is 0.293. The zero-order valence-electron chi connectivity index (χ0n) is 19.1. The standard InChI is InChI=1S/C30H38/c1-3-5-7-8-10-26-17-21-29(22-18-26)30-23-19-28(20-24-30)16-15-27-13-11-25(12-14-27)9-6-4-2/h11-14,19-21,23-24,26H,3-10,17-18,22H2,1-2H3. The Balaban J connectivity index is 1.52. The summed E-state index contributed by atoms with van der Waals surface area (Å²) in [6.45, 7) is 4.53. The van der Waals surface area contributed by atoms with Crippen LogP contribution >= 0.6 is 0 Å². The molecule has 0 N–H and O–H groups in total. The Bertz CT molecular complexity index is 840. The van der Waals surface area contributed by atoms with Gasteiger partial charge in [-0.3, -0.25) is 0 Å². The maximum Gasteiger partial charge on any atom is 0.0249 e. The first kappa shape index (κ1) is 22.4. The molecule has 0 fully saturated rings. The van der Waals surface area contributed by atoms with Gasteiger partial charge >= 0.3 is 0 Å². The summed E-state index contributed by atoms with van der Waals surface area (Å²) in [5.41, 5.74) is 6.52. The van der Waals surface area contributed by atoms with E-state index in [-0.39, 0.29) is 0 Å². The molecule has 0 bridgehead atoms. The van der Waals surface area contributed by atoms with E-state index in [1.807, 2.05) is 0 Å². The van der Waals surface area contributed by atoms with Crippen molar-refractivity contribution in [1.82, 2.24) is 0 Å². The van der Waals surface area contributed by atoms with Crippen molar-refractivity contribution in [3.05, 3.63) is 76.9 Å². The predicted molar refractivity (Wildman–Crippen MR) is 132 cm³/mol. The molecule has 0 aliphatic heterocycles. The molecule has 0 saturated carbocycles. The second-order valence-corrected chi connectivity index (χ2v) is 8.85. The molecule has 1 aliphatic rings. The third-order valence-electron chi connectivity index (χ3n) is 6.37. The zero-order chi connectivity index (χ0) is 21.0. The van der Waals surface area contributed by atoms with E-state index in [0.717, 1.165) is 17.0 Å². The second kappa shape index (κ2) is 12.4. The van der Waals surface area contributed by atoms with Crippen LogP contribution in [0.25, 0.3) is 5.57 Å². The summed E-state index contributed by atoms with van der Waals surface area (Å²) in [4.78, 5) is 0. The topological polar surface area (TPSA) is 0 Å². The summed E-state index contributed by atoms with van der Waals surface area (Å²) in [6, 6.07) is 17.6. The number of hydrogen-bond donors (Lipinski definition) is 0. The number of rotatable bonds is 9. The van der Waals surface area contributed by atoms with Crippen molar-refractivity contribution in [1.29, 1.82) is 0 Å².